The molecule has 90 valence electrons. The number of imide groups is 1. The lowest BCUT2D eigenvalue weighted by molar-refractivity contribution is -0.148. The second kappa shape index (κ2) is 4.20. The van der Waals surface area contributed by atoms with Crippen LogP contribution in [0.3, 0.4) is 0 Å². The zero-order valence-electron chi connectivity index (χ0n) is 8.89. The molecule has 1 rings (SSSR count). The molecule has 0 aromatic rings. The van der Waals surface area contributed by atoms with E-state index in [4.69, 9.17) is 0 Å². The lowest BCUT2D eigenvalue weighted by Gasteiger charge is -2.31. The number of carbonyl (C=O) groups is 3. The number of rotatable bonds is 2. The molecule has 0 aliphatic carbocycles. The Labute approximate surface area is 92.7 Å². The van der Waals surface area contributed by atoms with E-state index in [0.29, 0.717) is 0 Å². The number of nitrogens with one attached hydrogen (secondary N) is 1. The fraction of sp³-hybridized carbons (Fsp3) is 0.625. The summed E-state index contributed by atoms with van der Waals surface area (Å²) >= 11 is 0. The quantitative estimate of drug-likeness (QED) is 0.564. The maximum Gasteiger partial charge on any atom is 0.249 e. The van der Waals surface area contributed by atoms with Gasteiger partial charge in [0, 0.05) is 6.26 Å². The van der Waals surface area contributed by atoms with Gasteiger partial charge in [-0.3, -0.25) is 19.7 Å². The molecule has 8 heteroatoms. The van der Waals surface area contributed by atoms with Crippen molar-refractivity contribution in [3.63, 3.8) is 0 Å². The molecule has 1 unspecified atom stereocenters. The highest BCUT2D eigenvalue weighted by molar-refractivity contribution is 7.91. The van der Waals surface area contributed by atoms with E-state index in [1.165, 1.54) is 6.92 Å². The van der Waals surface area contributed by atoms with Crippen molar-refractivity contribution in [2.24, 2.45) is 0 Å². The van der Waals surface area contributed by atoms with E-state index in [0.717, 1.165) is 11.2 Å². The van der Waals surface area contributed by atoms with Crippen LogP contribution < -0.4 is 5.32 Å². The molecule has 1 fully saturated rings. The monoisotopic (exact) mass is 248 g/mol. The maximum absolute atomic E-state index is 11.5. The minimum absolute atomic E-state index is 0.290. The molecule has 1 atom stereocenters. The van der Waals surface area contributed by atoms with Gasteiger partial charge >= 0.3 is 0 Å². The third kappa shape index (κ3) is 3.02. The summed E-state index contributed by atoms with van der Waals surface area (Å²) in [6.45, 7) is 1.14. The van der Waals surface area contributed by atoms with Gasteiger partial charge in [-0.25, -0.2) is 8.42 Å². The van der Waals surface area contributed by atoms with E-state index in [1.54, 1.807) is 0 Å². The molecule has 0 aromatic heterocycles. The van der Waals surface area contributed by atoms with Gasteiger partial charge in [-0.15, -0.1) is 0 Å². The Morgan fingerprint density at radius 2 is 2.06 bits per heavy atom. The van der Waals surface area contributed by atoms with E-state index >= 15 is 0 Å². The van der Waals surface area contributed by atoms with Gasteiger partial charge in [0.05, 0.1) is 0 Å². The third-order valence-corrected chi connectivity index (χ3v) is 2.90. The van der Waals surface area contributed by atoms with E-state index < -0.39 is 39.4 Å². The average molecular weight is 248 g/mol. The zero-order valence-corrected chi connectivity index (χ0v) is 9.70. The summed E-state index contributed by atoms with van der Waals surface area (Å²) in [5, 5.41) is 2.06. The van der Waals surface area contributed by atoms with Crippen LogP contribution in [0, 0.1) is 0 Å². The highest BCUT2D eigenvalue weighted by Gasteiger charge is 2.34. The zero-order chi connectivity index (χ0) is 12.5. The summed E-state index contributed by atoms with van der Waals surface area (Å²) in [6.07, 6.45) is 0.918. The fourth-order valence-electron chi connectivity index (χ4n) is 1.33. The van der Waals surface area contributed by atoms with Gasteiger partial charge < -0.3 is 4.90 Å². The summed E-state index contributed by atoms with van der Waals surface area (Å²) in [5.41, 5.74) is 0. The largest absolute Gasteiger partial charge is 0.321 e. The van der Waals surface area contributed by atoms with Gasteiger partial charge in [0.2, 0.25) is 17.7 Å². The number of amides is 3. The first-order chi connectivity index (χ1) is 7.20. The molecule has 0 bridgehead atoms. The Hall–Kier alpha value is -1.44. The first-order valence-corrected chi connectivity index (χ1v) is 6.57. The number of carbonyl (C=O) groups excluding carboxylic acids is 3. The van der Waals surface area contributed by atoms with Gasteiger partial charge in [-0.05, 0) is 6.92 Å². The Kier molecular flexibility index (Phi) is 3.32. The number of sulfone groups is 1. The Morgan fingerprint density at radius 1 is 1.50 bits per heavy atom. The molecule has 7 nitrogen and oxygen atoms in total. The average Bonchev–Trinajstić information content (AvgIpc) is 2.08. The number of nitrogens with zero attached hydrogens (tertiary/aromatic N) is 1. The maximum atomic E-state index is 11.5. The molecule has 1 aliphatic rings. The highest BCUT2D eigenvalue weighted by Crippen LogP contribution is 2.06. The lowest BCUT2D eigenvalue weighted by atomic mass is 10.2. The van der Waals surface area contributed by atoms with Crippen LogP contribution in [-0.2, 0) is 24.2 Å². The van der Waals surface area contributed by atoms with Crippen LogP contribution in [0.4, 0.5) is 0 Å². The van der Waals surface area contributed by atoms with Crippen molar-refractivity contribution in [2.75, 3.05) is 18.6 Å². The summed E-state index contributed by atoms with van der Waals surface area (Å²) in [6, 6.07) is -0.827. The van der Waals surface area contributed by atoms with Crippen molar-refractivity contribution in [3.05, 3.63) is 0 Å². The van der Waals surface area contributed by atoms with Crippen molar-refractivity contribution < 1.29 is 22.8 Å². The van der Waals surface area contributed by atoms with E-state index in [2.05, 4.69) is 5.32 Å². The lowest BCUT2D eigenvalue weighted by Crippen LogP contribution is -2.59. The third-order valence-electron chi connectivity index (χ3n) is 2.13. The molecule has 0 saturated carbocycles. The minimum Gasteiger partial charge on any atom is -0.321 e. The van der Waals surface area contributed by atoms with Gasteiger partial charge in [0.1, 0.15) is 18.3 Å². The highest BCUT2D eigenvalue weighted by atomic mass is 32.2. The van der Waals surface area contributed by atoms with Crippen LogP contribution in [-0.4, -0.2) is 55.6 Å². The van der Waals surface area contributed by atoms with Crippen molar-refractivity contribution in [3.8, 4) is 0 Å². The predicted octanol–water partition coefficient (Wildman–Crippen LogP) is -2.10. The number of hydrogen-bond acceptors (Lipinski definition) is 5. The second-order valence-corrected chi connectivity index (χ2v) is 5.82. The molecule has 16 heavy (non-hydrogen) atoms. The molecule has 1 saturated heterocycles. The minimum atomic E-state index is -3.47. The molecule has 3 amide bonds. The molecule has 1 heterocycles. The van der Waals surface area contributed by atoms with Gasteiger partial charge in [0.25, 0.3) is 0 Å². The topological polar surface area (TPSA) is 101 Å². The van der Waals surface area contributed by atoms with Gasteiger partial charge in [-0.2, -0.15) is 0 Å². The van der Waals surface area contributed by atoms with Gasteiger partial charge in [-0.1, -0.05) is 0 Å². The predicted molar refractivity (Wildman–Crippen MR) is 54.0 cm³/mol. The van der Waals surface area contributed by atoms with Crippen LogP contribution >= 0.6 is 0 Å². The van der Waals surface area contributed by atoms with Crippen molar-refractivity contribution in [1.29, 1.82) is 0 Å². The van der Waals surface area contributed by atoms with Crippen LogP contribution in [0.2, 0.25) is 0 Å². The van der Waals surface area contributed by atoms with Crippen LogP contribution in [0.1, 0.15) is 6.92 Å². The van der Waals surface area contributed by atoms with Crippen LogP contribution in [0.5, 0.6) is 0 Å². The summed E-state index contributed by atoms with van der Waals surface area (Å²) in [7, 11) is -3.47. The van der Waals surface area contributed by atoms with Crippen molar-refractivity contribution in [2.45, 2.75) is 13.0 Å². The summed E-state index contributed by atoms with van der Waals surface area (Å²) in [4.78, 5) is 34.7. The Balaban J connectivity index is 2.82. The molecular formula is C8H12N2O5S. The van der Waals surface area contributed by atoms with Crippen molar-refractivity contribution in [1.82, 2.24) is 10.2 Å². The first-order valence-electron chi connectivity index (χ1n) is 4.51. The fourth-order valence-corrected chi connectivity index (χ4v) is 1.94. The number of piperazine rings is 1. The van der Waals surface area contributed by atoms with E-state index in [9.17, 15) is 22.8 Å². The van der Waals surface area contributed by atoms with Crippen LogP contribution in [0.25, 0.3) is 0 Å². The van der Waals surface area contributed by atoms with E-state index in [1.807, 2.05) is 0 Å². The first kappa shape index (κ1) is 12.6. The summed E-state index contributed by atoms with van der Waals surface area (Å²) in [5.74, 6) is -2.64. The molecule has 1 aliphatic heterocycles. The van der Waals surface area contributed by atoms with Crippen LogP contribution in [0.15, 0.2) is 0 Å². The standard InChI is InChI=1S/C8H12N2O5S/c1-5-8(13)9-6(11)3-10(5)7(12)4-16(2,14)15/h5H,3-4H2,1-2H3,(H,9,11,13). The molecule has 0 radical (unpaired) electrons. The Bertz CT molecular complexity index is 441. The SMILES string of the molecule is CC1C(=O)NC(=O)CN1C(=O)CS(C)(=O)=O. The molecule has 0 spiro atoms. The molecular weight excluding hydrogens is 236 g/mol. The normalized spacial score (nSPS) is 21.9. The summed E-state index contributed by atoms with van der Waals surface area (Å²) < 4.78 is 21.8. The van der Waals surface area contributed by atoms with Gasteiger partial charge in [0.15, 0.2) is 9.84 Å². The van der Waals surface area contributed by atoms with E-state index in [-0.39, 0.29) is 6.54 Å². The second-order valence-electron chi connectivity index (χ2n) is 3.68. The smallest absolute Gasteiger partial charge is 0.249 e. The Morgan fingerprint density at radius 3 is 2.56 bits per heavy atom. The molecule has 0 aromatic carbocycles. The van der Waals surface area contributed by atoms with Crippen molar-refractivity contribution >= 4 is 27.6 Å². The number of hydrogen-bond donors (Lipinski definition) is 1. The molecule has 1 N–H and O–H groups in total.